The fourth-order valence-electron chi connectivity index (χ4n) is 2.35. The van der Waals surface area contributed by atoms with E-state index in [0.29, 0.717) is 0 Å². The van der Waals surface area contributed by atoms with Crippen molar-refractivity contribution in [2.45, 2.75) is 33.6 Å². The Morgan fingerprint density at radius 2 is 1.70 bits per heavy atom. The Kier molecular flexibility index (Phi) is 4.11. The summed E-state index contributed by atoms with van der Waals surface area (Å²) >= 11 is 5.77. The summed E-state index contributed by atoms with van der Waals surface area (Å²) in [6, 6.07) is 9.16. The van der Waals surface area contributed by atoms with Gasteiger partial charge in [0.15, 0.2) is 0 Å². The zero-order chi connectivity index (χ0) is 14.1. The molecule has 0 nitrogen and oxygen atoms in total. The highest BCUT2D eigenvalue weighted by Crippen LogP contribution is 2.29. The molecule has 0 aliphatic carbocycles. The summed E-state index contributed by atoms with van der Waals surface area (Å²) in [6.45, 7) is 6.60. The highest BCUT2D eigenvalue weighted by atomic mass is 32.1. The van der Waals surface area contributed by atoms with Crippen LogP contribution in [0, 0.1) is 20.8 Å². The van der Waals surface area contributed by atoms with Gasteiger partial charge in [-0.15, -0.1) is 34.0 Å². The van der Waals surface area contributed by atoms with E-state index in [9.17, 15) is 0 Å². The van der Waals surface area contributed by atoms with Gasteiger partial charge in [-0.2, -0.15) is 0 Å². The summed E-state index contributed by atoms with van der Waals surface area (Å²) < 4.78 is 0. The maximum atomic E-state index is 2.37. The van der Waals surface area contributed by atoms with Crippen LogP contribution in [0.4, 0.5) is 0 Å². The highest BCUT2D eigenvalue weighted by Gasteiger charge is 2.09. The molecule has 3 aromatic heterocycles. The minimum absolute atomic E-state index is 1.09. The van der Waals surface area contributed by atoms with Gasteiger partial charge in [0, 0.05) is 37.2 Å². The third-order valence-electron chi connectivity index (χ3n) is 3.34. The first-order chi connectivity index (χ1) is 9.60. The molecule has 3 heterocycles. The van der Waals surface area contributed by atoms with Crippen molar-refractivity contribution in [3.8, 4) is 0 Å². The fraction of sp³-hybridized carbons (Fsp3) is 0.294. The second kappa shape index (κ2) is 5.84. The molecular formula is C17H18S3. The van der Waals surface area contributed by atoms with Gasteiger partial charge in [-0.25, -0.2) is 0 Å². The average Bonchev–Trinajstić information content (AvgIpc) is 3.05. The second-order valence-corrected chi connectivity index (χ2v) is 8.86. The first-order valence-corrected chi connectivity index (χ1v) is 9.29. The summed E-state index contributed by atoms with van der Waals surface area (Å²) in [7, 11) is 0. The molecule has 0 amide bonds. The summed E-state index contributed by atoms with van der Waals surface area (Å²) in [5.41, 5.74) is 2.83. The third-order valence-corrected chi connectivity index (χ3v) is 6.63. The topological polar surface area (TPSA) is 0 Å². The molecule has 0 atom stereocenters. The Bertz CT molecular complexity index is 712. The SMILES string of the molecule is Cc1csc(Cc2cc(C)c(Cc3ccc(C)s3)s2)c1. The van der Waals surface area contributed by atoms with Crippen molar-refractivity contribution < 1.29 is 0 Å². The van der Waals surface area contributed by atoms with Gasteiger partial charge in [-0.3, -0.25) is 0 Å². The number of hydrogen-bond acceptors (Lipinski definition) is 3. The molecule has 3 rings (SSSR count). The molecule has 0 saturated heterocycles. The average molecular weight is 319 g/mol. The van der Waals surface area contributed by atoms with Crippen LogP contribution in [0.25, 0.3) is 0 Å². The number of hydrogen-bond donors (Lipinski definition) is 0. The Morgan fingerprint density at radius 3 is 2.35 bits per heavy atom. The molecule has 3 aromatic rings. The van der Waals surface area contributed by atoms with Gasteiger partial charge in [0.05, 0.1) is 0 Å². The Morgan fingerprint density at radius 1 is 0.850 bits per heavy atom. The summed E-state index contributed by atoms with van der Waals surface area (Å²) in [5, 5.41) is 2.24. The van der Waals surface area contributed by atoms with Crippen LogP contribution in [0.2, 0.25) is 0 Å². The molecule has 3 heteroatoms. The van der Waals surface area contributed by atoms with Crippen molar-refractivity contribution in [3.05, 3.63) is 65.2 Å². The molecule has 0 aliphatic heterocycles. The monoisotopic (exact) mass is 318 g/mol. The quantitative estimate of drug-likeness (QED) is 0.555. The Labute approximate surface area is 132 Å². The van der Waals surface area contributed by atoms with Crippen LogP contribution in [0.3, 0.4) is 0 Å². The predicted molar refractivity (Wildman–Crippen MR) is 92.8 cm³/mol. The molecule has 0 bridgehead atoms. The van der Waals surface area contributed by atoms with Gasteiger partial charge in [0.2, 0.25) is 0 Å². The largest absolute Gasteiger partial charge is 0.148 e. The first kappa shape index (κ1) is 14.1. The highest BCUT2D eigenvalue weighted by molar-refractivity contribution is 7.14. The van der Waals surface area contributed by atoms with E-state index in [2.05, 4.69) is 50.4 Å². The minimum atomic E-state index is 1.09. The van der Waals surface area contributed by atoms with E-state index in [1.165, 1.54) is 35.5 Å². The minimum Gasteiger partial charge on any atom is -0.148 e. The van der Waals surface area contributed by atoms with Gasteiger partial charge < -0.3 is 0 Å². The molecule has 0 fully saturated rings. The Balaban J connectivity index is 1.76. The standard InChI is InChI=1S/C17H18S3/c1-11-6-15(18-10-11)8-16-7-12(2)17(20-16)9-14-5-4-13(3)19-14/h4-7,10H,8-9H2,1-3H3. The molecule has 104 valence electrons. The lowest BCUT2D eigenvalue weighted by Crippen LogP contribution is -1.81. The predicted octanol–water partition coefficient (Wildman–Crippen LogP) is 5.98. The first-order valence-electron chi connectivity index (χ1n) is 6.77. The van der Waals surface area contributed by atoms with Crippen LogP contribution in [0.5, 0.6) is 0 Å². The third kappa shape index (κ3) is 3.22. The molecule has 0 spiro atoms. The van der Waals surface area contributed by atoms with Gasteiger partial charge in [-0.1, -0.05) is 0 Å². The molecule has 0 aliphatic rings. The van der Waals surface area contributed by atoms with Crippen molar-refractivity contribution in [1.29, 1.82) is 0 Å². The number of rotatable bonds is 4. The molecule has 0 saturated carbocycles. The van der Waals surface area contributed by atoms with Crippen LogP contribution in [-0.4, -0.2) is 0 Å². The molecule has 20 heavy (non-hydrogen) atoms. The second-order valence-electron chi connectivity index (χ2n) is 5.28. The van der Waals surface area contributed by atoms with E-state index < -0.39 is 0 Å². The maximum absolute atomic E-state index is 2.37. The van der Waals surface area contributed by atoms with Crippen molar-refractivity contribution in [2.75, 3.05) is 0 Å². The summed E-state index contributed by atoms with van der Waals surface area (Å²) in [5.74, 6) is 0. The van der Waals surface area contributed by atoms with Gasteiger partial charge >= 0.3 is 0 Å². The van der Waals surface area contributed by atoms with Gasteiger partial charge in [-0.05, 0) is 61.5 Å². The van der Waals surface area contributed by atoms with Crippen molar-refractivity contribution >= 4 is 34.0 Å². The van der Waals surface area contributed by atoms with Crippen LogP contribution in [-0.2, 0) is 12.8 Å². The molecule has 0 aromatic carbocycles. The lowest BCUT2D eigenvalue weighted by molar-refractivity contribution is 1.25. The lowest BCUT2D eigenvalue weighted by Gasteiger charge is -1.96. The fourth-order valence-corrected chi connectivity index (χ4v) is 5.56. The number of thiophene rings is 3. The van der Waals surface area contributed by atoms with Crippen LogP contribution in [0.15, 0.2) is 29.6 Å². The van der Waals surface area contributed by atoms with Gasteiger partial charge in [0.1, 0.15) is 0 Å². The van der Waals surface area contributed by atoms with Crippen LogP contribution in [0.1, 0.15) is 35.5 Å². The molecular weight excluding hydrogens is 300 g/mol. The number of aryl methyl sites for hydroxylation is 3. The van der Waals surface area contributed by atoms with E-state index in [1.807, 2.05) is 34.0 Å². The summed E-state index contributed by atoms with van der Waals surface area (Å²) in [4.78, 5) is 7.37. The van der Waals surface area contributed by atoms with E-state index in [-0.39, 0.29) is 0 Å². The molecule has 0 radical (unpaired) electrons. The summed E-state index contributed by atoms with van der Waals surface area (Å²) in [6.07, 6.45) is 2.19. The van der Waals surface area contributed by atoms with E-state index in [1.54, 1.807) is 0 Å². The normalized spacial score (nSPS) is 11.2. The molecule has 0 N–H and O–H groups in total. The van der Waals surface area contributed by atoms with Crippen molar-refractivity contribution in [1.82, 2.24) is 0 Å². The zero-order valence-electron chi connectivity index (χ0n) is 12.0. The van der Waals surface area contributed by atoms with Crippen LogP contribution >= 0.6 is 34.0 Å². The van der Waals surface area contributed by atoms with E-state index in [4.69, 9.17) is 0 Å². The zero-order valence-corrected chi connectivity index (χ0v) is 14.5. The lowest BCUT2D eigenvalue weighted by atomic mass is 10.2. The smallest absolute Gasteiger partial charge is 0.0166 e. The maximum Gasteiger partial charge on any atom is 0.0166 e. The van der Waals surface area contributed by atoms with Crippen LogP contribution < -0.4 is 0 Å². The van der Waals surface area contributed by atoms with E-state index >= 15 is 0 Å². The van der Waals surface area contributed by atoms with Crippen molar-refractivity contribution in [2.24, 2.45) is 0 Å². The van der Waals surface area contributed by atoms with Crippen molar-refractivity contribution in [3.63, 3.8) is 0 Å². The van der Waals surface area contributed by atoms with Gasteiger partial charge in [0.25, 0.3) is 0 Å². The molecule has 0 unspecified atom stereocenters. The van der Waals surface area contributed by atoms with E-state index in [0.717, 1.165) is 12.8 Å². The Hall–Kier alpha value is -0.900.